The van der Waals surface area contributed by atoms with E-state index in [4.69, 9.17) is 5.73 Å². The zero-order chi connectivity index (χ0) is 11.7. The Morgan fingerprint density at radius 2 is 2.38 bits per heavy atom. The summed E-state index contributed by atoms with van der Waals surface area (Å²) in [6.07, 6.45) is 4.64. The Morgan fingerprint density at radius 1 is 1.62 bits per heavy atom. The van der Waals surface area contributed by atoms with E-state index in [-0.39, 0.29) is 0 Å². The Hall–Kier alpha value is -0.870. The maximum Gasteiger partial charge on any atom is 0.0641 e. The van der Waals surface area contributed by atoms with Gasteiger partial charge in [-0.3, -0.25) is 9.58 Å². The van der Waals surface area contributed by atoms with Crippen LogP contribution in [0, 0.1) is 6.92 Å². The fourth-order valence-electron chi connectivity index (χ4n) is 2.83. The minimum Gasteiger partial charge on any atom is -0.329 e. The van der Waals surface area contributed by atoms with Gasteiger partial charge >= 0.3 is 0 Å². The van der Waals surface area contributed by atoms with Crippen molar-refractivity contribution >= 4 is 0 Å². The van der Waals surface area contributed by atoms with Gasteiger partial charge in [0.15, 0.2) is 0 Å². The molecule has 4 heteroatoms. The van der Waals surface area contributed by atoms with Crippen LogP contribution in [-0.2, 0) is 7.05 Å². The number of aromatic nitrogens is 2. The van der Waals surface area contributed by atoms with Crippen molar-refractivity contribution in [2.45, 2.75) is 38.8 Å². The zero-order valence-electron chi connectivity index (χ0n) is 10.5. The van der Waals surface area contributed by atoms with E-state index in [0.717, 1.165) is 18.8 Å². The van der Waals surface area contributed by atoms with Gasteiger partial charge in [-0.1, -0.05) is 0 Å². The predicted octanol–water partition coefficient (Wildman–Crippen LogP) is 1.21. The molecule has 0 bridgehead atoms. The zero-order valence-corrected chi connectivity index (χ0v) is 10.5. The normalized spacial score (nSPS) is 23.9. The number of nitrogens with zero attached hydrogens (tertiary/aromatic N) is 3. The molecule has 2 N–H and O–H groups in total. The third-order valence-electron chi connectivity index (χ3n) is 3.69. The Kier molecular flexibility index (Phi) is 3.30. The van der Waals surface area contributed by atoms with Crippen LogP contribution in [0.3, 0.4) is 0 Å². The van der Waals surface area contributed by atoms with E-state index in [1.54, 1.807) is 0 Å². The van der Waals surface area contributed by atoms with Gasteiger partial charge in [0.1, 0.15) is 0 Å². The molecule has 2 heterocycles. The number of hydrogen-bond acceptors (Lipinski definition) is 3. The molecule has 16 heavy (non-hydrogen) atoms. The second-order valence-electron chi connectivity index (χ2n) is 4.79. The topological polar surface area (TPSA) is 47.1 Å². The van der Waals surface area contributed by atoms with E-state index in [9.17, 15) is 0 Å². The highest BCUT2D eigenvalue weighted by Gasteiger charge is 2.29. The lowest BCUT2D eigenvalue weighted by molar-refractivity contribution is 0.196. The van der Waals surface area contributed by atoms with Gasteiger partial charge in [0.05, 0.1) is 5.69 Å². The lowest BCUT2D eigenvalue weighted by Gasteiger charge is -2.29. The molecule has 0 spiro atoms. The van der Waals surface area contributed by atoms with Gasteiger partial charge in [0.2, 0.25) is 0 Å². The largest absolute Gasteiger partial charge is 0.329 e. The molecule has 1 aromatic rings. The molecule has 0 saturated carbocycles. The van der Waals surface area contributed by atoms with Crippen molar-refractivity contribution in [1.29, 1.82) is 0 Å². The van der Waals surface area contributed by atoms with Gasteiger partial charge in [-0.15, -0.1) is 0 Å². The molecule has 1 aliphatic rings. The van der Waals surface area contributed by atoms with E-state index in [1.807, 2.05) is 11.7 Å². The molecule has 4 nitrogen and oxygen atoms in total. The van der Waals surface area contributed by atoms with Crippen LogP contribution in [-0.4, -0.2) is 33.8 Å². The summed E-state index contributed by atoms with van der Waals surface area (Å²) in [6, 6.07) is 0.986. The van der Waals surface area contributed by atoms with Crippen LogP contribution < -0.4 is 5.73 Å². The van der Waals surface area contributed by atoms with Crippen molar-refractivity contribution in [2.24, 2.45) is 12.8 Å². The first-order valence-electron chi connectivity index (χ1n) is 6.09. The molecule has 2 atom stereocenters. The van der Waals surface area contributed by atoms with Gasteiger partial charge in [0, 0.05) is 37.4 Å². The summed E-state index contributed by atoms with van der Waals surface area (Å²) < 4.78 is 1.90. The average Bonchev–Trinajstić information content (AvgIpc) is 2.83. The van der Waals surface area contributed by atoms with Gasteiger partial charge in [-0.25, -0.2) is 0 Å². The van der Waals surface area contributed by atoms with Gasteiger partial charge < -0.3 is 5.73 Å². The van der Waals surface area contributed by atoms with Crippen molar-refractivity contribution in [1.82, 2.24) is 14.7 Å². The number of aryl methyl sites for hydroxylation is 2. The van der Waals surface area contributed by atoms with Gasteiger partial charge in [0.25, 0.3) is 0 Å². The summed E-state index contributed by atoms with van der Waals surface area (Å²) in [5, 5.41) is 4.41. The maximum atomic E-state index is 5.82. The lowest BCUT2D eigenvalue weighted by Crippen LogP contribution is -2.37. The molecule has 1 aliphatic heterocycles. The monoisotopic (exact) mass is 222 g/mol. The number of likely N-dealkylation sites (tertiary alicyclic amines) is 1. The molecular formula is C12H22N4. The van der Waals surface area contributed by atoms with E-state index < -0.39 is 0 Å². The standard InChI is InChI=1S/C12H22N4/c1-9-12(8-15(3)14-9)10(2)16-6-4-5-11(16)7-13/h8,10-11H,4-7,13H2,1-3H3. The fraction of sp³-hybridized carbons (Fsp3) is 0.750. The summed E-state index contributed by atoms with van der Waals surface area (Å²) in [7, 11) is 1.98. The Bertz CT molecular complexity index is 358. The average molecular weight is 222 g/mol. The summed E-state index contributed by atoms with van der Waals surface area (Å²) >= 11 is 0. The van der Waals surface area contributed by atoms with E-state index in [0.29, 0.717) is 12.1 Å². The van der Waals surface area contributed by atoms with Crippen molar-refractivity contribution < 1.29 is 0 Å². The molecule has 90 valence electrons. The Balaban J connectivity index is 2.18. The first kappa shape index (κ1) is 11.6. The van der Waals surface area contributed by atoms with Crippen LogP contribution in [0.4, 0.5) is 0 Å². The SMILES string of the molecule is Cc1nn(C)cc1C(C)N1CCCC1CN. The minimum atomic E-state index is 0.435. The molecule has 2 unspecified atom stereocenters. The van der Waals surface area contributed by atoms with Crippen LogP contribution >= 0.6 is 0 Å². The molecule has 1 saturated heterocycles. The molecule has 2 rings (SSSR count). The molecular weight excluding hydrogens is 200 g/mol. The number of nitrogens with two attached hydrogens (primary N) is 1. The highest BCUT2D eigenvalue weighted by atomic mass is 15.3. The quantitative estimate of drug-likeness (QED) is 0.836. The van der Waals surface area contributed by atoms with Gasteiger partial charge in [-0.05, 0) is 33.2 Å². The molecule has 0 aromatic carbocycles. The van der Waals surface area contributed by atoms with Crippen LogP contribution in [0.5, 0.6) is 0 Å². The summed E-state index contributed by atoms with van der Waals surface area (Å²) in [6.45, 7) is 6.28. The van der Waals surface area contributed by atoms with Crippen molar-refractivity contribution in [2.75, 3.05) is 13.1 Å². The highest BCUT2D eigenvalue weighted by Crippen LogP contribution is 2.29. The number of hydrogen-bond donors (Lipinski definition) is 1. The van der Waals surface area contributed by atoms with E-state index in [2.05, 4.69) is 30.0 Å². The molecule has 0 radical (unpaired) electrons. The summed E-state index contributed by atoms with van der Waals surface area (Å²) in [5.41, 5.74) is 8.29. The first-order valence-corrected chi connectivity index (χ1v) is 6.09. The molecule has 1 fully saturated rings. The van der Waals surface area contributed by atoms with Crippen LogP contribution in [0.25, 0.3) is 0 Å². The van der Waals surface area contributed by atoms with E-state index in [1.165, 1.54) is 18.4 Å². The second-order valence-corrected chi connectivity index (χ2v) is 4.79. The number of rotatable bonds is 3. The van der Waals surface area contributed by atoms with Crippen LogP contribution in [0.15, 0.2) is 6.20 Å². The third-order valence-corrected chi connectivity index (χ3v) is 3.69. The second kappa shape index (κ2) is 4.55. The summed E-state index contributed by atoms with van der Waals surface area (Å²) in [4.78, 5) is 2.52. The van der Waals surface area contributed by atoms with Crippen LogP contribution in [0.1, 0.15) is 37.1 Å². The maximum absolute atomic E-state index is 5.82. The van der Waals surface area contributed by atoms with Crippen molar-refractivity contribution in [3.63, 3.8) is 0 Å². The third kappa shape index (κ3) is 1.99. The predicted molar refractivity (Wildman–Crippen MR) is 65.1 cm³/mol. The fourth-order valence-corrected chi connectivity index (χ4v) is 2.83. The summed E-state index contributed by atoms with van der Waals surface area (Å²) in [5.74, 6) is 0. The smallest absolute Gasteiger partial charge is 0.0641 e. The van der Waals surface area contributed by atoms with Gasteiger partial charge in [-0.2, -0.15) is 5.10 Å². The van der Waals surface area contributed by atoms with Crippen molar-refractivity contribution in [3.8, 4) is 0 Å². The molecule has 1 aromatic heterocycles. The highest BCUT2D eigenvalue weighted by molar-refractivity contribution is 5.20. The molecule has 0 amide bonds. The Morgan fingerprint density at radius 3 is 2.94 bits per heavy atom. The Labute approximate surface area is 97.4 Å². The molecule has 0 aliphatic carbocycles. The lowest BCUT2D eigenvalue weighted by atomic mass is 10.1. The van der Waals surface area contributed by atoms with Crippen LogP contribution in [0.2, 0.25) is 0 Å². The minimum absolute atomic E-state index is 0.435. The first-order chi connectivity index (χ1) is 7.63. The van der Waals surface area contributed by atoms with Crippen molar-refractivity contribution in [3.05, 3.63) is 17.5 Å². The van der Waals surface area contributed by atoms with E-state index >= 15 is 0 Å².